The Morgan fingerprint density at radius 1 is 1.22 bits per heavy atom. The minimum atomic E-state index is 0. The lowest BCUT2D eigenvalue weighted by atomic mass is 9.99. The van der Waals surface area contributed by atoms with E-state index in [9.17, 15) is 0 Å². The molecule has 1 saturated heterocycles. The molecule has 1 unspecified atom stereocenters. The summed E-state index contributed by atoms with van der Waals surface area (Å²) in [6.07, 6.45) is 2.63. The largest absolute Gasteiger partial charge is 0.356 e. The summed E-state index contributed by atoms with van der Waals surface area (Å²) < 4.78 is 0. The van der Waals surface area contributed by atoms with Crippen molar-refractivity contribution in [2.75, 3.05) is 46.8 Å². The smallest absolute Gasteiger partial charge is 0.191 e. The highest BCUT2D eigenvalue weighted by atomic mass is 127. The fraction of sp³-hybridized carbons (Fsp3) is 0.941. The summed E-state index contributed by atoms with van der Waals surface area (Å²) in [6.45, 7) is 14.5. The molecular weight excluding hydrogens is 401 g/mol. The number of piperidine rings is 1. The molecule has 1 heterocycles. The highest BCUT2D eigenvalue weighted by Crippen LogP contribution is 2.13. The third-order valence-electron chi connectivity index (χ3n) is 4.49. The van der Waals surface area contributed by atoms with Crippen LogP contribution in [-0.4, -0.2) is 74.7 Å². The highest BCUT2D eigenvalue weighted by Gasteiger charge is 2.17. The van der Waals surface area contributed by atoms with Gasteiger partial charge in [0, 0.05) is 45.3 Å². The number of guanidine groups is 1. The quantitative estimate of drug-likeness (QED) is 0.363. The zero-order chi connectivity index (χ0) is 16.5. The van der Waals surface area contributed by atoms with Crippen molar-refractivity contribution in [1.29, 1.82) is 0 Å². The first-order valence-corrected chi connectivity index (χ1v) is 8.82. The molecule has 0 aromatic carbocycles. The first-order chi connectivity index (χ1) is 10.4. The maximum atomic E-state index is 4.34. The van der Waals surface area contributed by atoms with Crippen molar-refractivity contribution in [3.63, 3.8) is 0 Å². The van der Waals surface area contributed by atoms with E-state index >= 15 is 0 Å². The summed E-state index contributed by atoms with van der Waals surface area (Å²) in [4.78, 5) is 9.26. The van der Waals surface area contributed by atoms with E-state index in [4.69, 9.17) is 0 Å². The zero-order valence-electron chi connectivity index (χ0n) is 15.9. The topological polar surface area (TPSA) is 42.9 Å². The molecular formula is C17H38IN5. The number of nitrogens with one attached hydrogen (secondary N) is 2. The van der Waals surface area contributed by atoms with Crippen molar-refractivity contribution in [1.82, 2.24) is 20.4 Å². The second-order valence-corrected chi connectivity index (χ2v) is 7.08. The van der Waals surface area contributed by atoms with Gasteiger partial charge in [0.25, 0.3) is 0 Å². The SMILES string of the molecule is CN=C(NCCN(C(C)C)C(C)C)NCC1CCCN(C)C1.I. The first kappa shape index (κ1) is 22.9. The molecule has 23 heavy (non-hydrogen) atoms. The lowest BCUT2D eigenvalue weighted by Crippen LogP contribution is -2.47. The summed E-state index contributed by atoms with van der Waals surface area (Å²) in [6, 6.07) is 1.16. The average Bonchev–Trinajstić information content (AvgIpc) is 2.45. The van der Waals surface area contributed by atoms with E-state index in [0.29, 0.717) is 12.1 Å². The molecule has 2 N–H and O–H groups in total. The van der Waals surface area contributed by atoms with E-state index in [1.165, 1.54) is 25.9 Å². The molecule has 0 saturated carbocycles. The number of hydrogen-bond acceptors (Lipinski definition) is 3. The Kier molecular flexibility index (Phi) is 12.3. The Labute approximate surface area is 160 Å². The van der Waals surface area contributed by atoms with E-state index in [1.54, 1.807) is 0 Å². The molecule has 0 bridgehead atoms. The van der Waals surface area contributed by atoms with Gasteiger partial charge >= 0.3 is 0 Å². The van der Waals surface area contributed by atoms with Crippen molar-refractivity contribution in [2.45, 2.75) is 52.6 Å². The van der Waals surface area contributed by atoms with Gasteiger partial charge < -0.3 is 15.5 Å². The molecule has 5 nitrogen and oxygen atoms in total. The Bertz CT molecular complexity index is 325. The molecule has 1 atom stereocenters. The molecule has 0 amide bonds. The van der Waals surface area contributed by atoms with Crippen LogP contribution in [0, 0.1) is 5.92 Å². The molecule has 1 fully saturated rings. The van der Waals surface area contributed by atoms with Crippen LogP contribution in [0.1, 0.15) is 40.5 Å². The molecule has 0 spiro atoms. The number of aliphatic imine (C=N–C) groups is 1. The van der Waals surface area contributed by atoms with Crippen molar-refractivity contribution >= 4 is 29.9 Å². The van der Waals surface area contributed by atoms with Crippen molar-refractivity contribution in [2.24, 2.45) is 10.9 Å². The van der Waals surface area contributed by atoms with Gasteiger partial charge in [-0.05, 0) is 60.0 Å². The van der Waals surface area contributed by atoms with E-state index in [1.807, 2.05) is 7.05 Å². The number of nitrogens with zero attached hydrogens (tertiary/aromatic N) is 3. The molecule has 1 aliphatic rings. The fourth-order valence-electron chi connectivity index (χ4n) is 3.32. The van der Waals surface area contributed by atoms with Gasteiger partial charge in [-0.1, -0.05) is 0 Å². The van der Waals surface area contributed by atoms with Crippen LogP contribution in [0.15, 0.2) is 4.99 Å². The molecule has 0 radical (unpaired) electrons. The summed E-state index contributed by atoms with van der Waals surface area (Å²) in [5.41, 5.74) is 0. The van der Waals surface area contributed by atoms with Crippen molar-refractivity contribution in [3.05, 3.63) is 0 Å². The third kappa shape index (κ3) is 9.10. The Hall–Kier alpha value is -0.0800. The second kappa shape index (κ2) is 12.3. The Balaban J connectivity index is 0.00000484. The predicted molar refractivity (Wildman–Crippen MR) is 112 cm³/mol. The normalized spacial score (nSPS) is 20.0. The van der Waals surface area contributed by atoms with Gasteiger partial charge in [-0.15, -0.1) is 24.0 Å². The second-order valence-electron chi connectivity index (χ2n) is 7.08. The summed E-state index contributed by atoms with van der Waals surface area (Å²) >= 11 is 0. The van der Waals surface area contributed by atoms with Crippen LogP contribution in [0.2, 0.25) is 0 Å². The van der Waals surface area contributed by atoms with Crippen LogP contribution in [0.4, 0.5) is 0 Å². The van der Waals surface area contributed by atoms with E-state index < -0.39 is 0 Å². The number of hydrogen-bond donors (Lipinski definition) is 2. The standard InChI is InChI=1S/C17H37N5.HI/c1-14(2)22(15(3)4)11-9-19-17(18-5)20-12-16-8-7-10-21(6)13-16;/h14-16H,7-13H2,1-6H3,(H2,18,19,20);1H. The molecule has 1 rings (SSSR count). The van der Waals surface area contributed by atoms with Crippen LogP contribution in [0.5, 0.6) is 0 Å². The highest BCUT2D eigenvalue weighted by molar-refractivity contribution is 14.0. The number of rotatable bonds is 7. The van der Waals surface area contributed by atoms with Crippen molar-refractivity contribution in [3.8, 4) is 0 Å². The van der Waals surface area contributed by atoms with Gasteiger partial charge in [0.05, 0.1) is 0 Å². The Morgan fingerprint density at radius 3 is 2.39 bits per heavy atom. The van der Waals surface area contributed by atoms with E-state index in [-0.39, 0.29) is 24.0 Å². The lowest BCUT2D eigenvalue weighted by Gasteiger charge is -2.31. The molecule has 0 aliphatic carbocycles. The monoisotopic (exact) mass is 439 g/mol. The zero-order valence-corrected chi connectivity index (χ0v) is 18.3. The van der Waals surface area contributed by atoms with Gasteiger partial charge in [0.1, 0.15) is 0 Å². The summed E-state index contributed by atoms with van der Waals surface area (Å²) in [5.74, 6) is 1.67. The van der Waals surface area contributed by atoms with Gasteiger partial charge in [-0.2, -0.15) is 0 Å². The van der Waals surface area contributed by atoms with E-state index in [2.05, 4.69) is 60.2 Å². The van der Waals surface area contributed by atoms with Gasteiger partial charge in [-0.25, -0.2) is 0 Å². The summed E-state index contributed by atoms with van der Waals surface area (Å²) in [7, 11) is 4.07. The van der Waals surface area contributed by atoms with Crippen molar-refractivity contribution < 1.29 is 0 Å². The number of halogens is 1. The molecule has 138 valence electrons. The Morgan fingerprint density at radius 2 is 1.87 bits per heavy atom. The fourth-order valence-corrected chi connectivity index (χ4v) is 3.32. The molecule has 6 heteroatoms. The van der Waals surface area contributed by atoms with Gasteiger partial charge in [0.2, 0.25) is 0 Å². The number of likely N-dealkylation sites (tertiary alicyclic amines) is 1. The van der Waals surface area contributed by atoms with Crippen LogP contribution >= 0.6 is 24.0 Å². The molecule has 0 aromatic rings. The van der Waals surface area contributed by atoms with Crippen LogP contribution < -0.4 is 10.6 Å². The van der Waals surface area contributed by atoms with Gasteiger partial charge in [0.15, 0.2) is 5.96 Å². The third-order valence-corrected chi connectivity index (χ3v) is 4.49. The average molecular weight is 439 g/mol. The lowest BCUT2D eigenvalue weighted by molar-refractivity contribution is 0.178. The van der Waals surface area contributed by atoms with Crippen LogP contribution in [-0.2, 0) is 0 Å². The first-order valence-electron chi connectivity index (χ1n) is 8.82. The van der Waals surface area contributed by atoms with Crippen LogP contribution in [0.3, 0.4) is 0 Å². The minimum Gasteiger partial charge on any atom is -0.356 e. The maximum Gasteiger partial charge on any atom is 0.191 e. The summed E-state index contributed by atoms with van der Waals surface area (Å²) in [5, 5.41) is 6.93. The van der Waals surface area contributed by atoms with Crippen LogP contribution in [0.25, 0.3) is 0 Å². The predicted octanol–water partition coefficient (Wildman–Crippen LogP) is 2.23. The molecule has 0 aromatic heterocycles. The van der Waals surface area contributed by atoms with E-state index in [0.717, 1.165) is 31.5 Å². The maximum absolute atomic E-state index is 4.34. The minimum absolute atomic E-state index is 0. The molecule has 1 aliphatic heterocycles. The van der Waals surface area contributed by atoms with Gasteiger partial charge in [-0.3, -0.25) is 9.89 Å².